The molecule has 2 rings (SSSR count). The first kappa shape index (κ1) is 16.2. The first-order chi connectivity index (χ1) is 9.63. The summed E-state index contributed by atoms with van der Waals surface area (Å²) in [6.07, 6.45) is 0. The monoisotopic (exact) mass is 294 g/mol. The van der Waals surface area contributed by atoms with Crippen LogP contribution in [-0.2, 0) is 4.74 Å². The van der Waals surface area contributed by atoms with Gasteiger partial charge in [0.1, 0.15) is 5.82 Å². The number of benzene rings is 1. The second-order valence-corrected chi connectivity index (χ2v) is 7.20. The van der Waals surface area contributed by atoms with Gasteiger partial charge in [0.2, 0.25) is 0 Å². The minimum Gasteiger partial charge on any atom is -0.366 e. The standard InChI is InChI=1S/C17H27FN2O/c1-12(19-6)13-7-8-15(14(18)9-13)20-10-16(2,3)21-17(4,5)11-20/h7-9,12,19H,10-11H2,1-6H3. The molecular weight excluding hydrogens is 267 g/mol. The van der Waals surface area contributed by atoms with Crippen LogP contribution < -0.4 is 10.2 Å². The quantitative estimate of drug-likeness (QED) is 0.923. The lowest BCUT2D eigenvalue weighted by Gasteiger charge is -2.48. The van der Waals surface area contributed by atoms with Crippen LogP contribution >= 0.6 is 0 Å². The number of nitrogens with zero attached hydrogens (tertiary/aromatic N) is 1. The van der Waals surface area contributed by atoms with Crippen LogP contribution in [-0.4, -0.2) is 31.3 Å². The third kappa shape index (κ3) is 3.74. The number of hydrogen-bond donors (Lipinski definition) is 1. The van der Waals surface area contributed by atoms with Crippen molar-refractivity contribution in [1.82, 2.24) is 5.32 Å². The van der Waals surface area contributed by atoms with Crippen LogP contribution in [0.5, 0.6) is 0 Å². The first-order valence-electron chi connectivity index (χ1n) is 7.55. The number of halogens is 1. The van der Waals surface area contributed by atoms with Crippen molar-refractivity contribution in [2.45, 2.75) is 51.9 Å². The van der Waals surface area contributed by atoms with Crippen molar-refractivity contribution in [3.05, 3.63) is 29.6 Å². The Kier molecular flexibility index (Phi) is 4.31. The zero-order valence-electron chi connectivity index (χ0n) is 14.0. The molecule has 1 aliphatic rings. The molecule has 1 aliphatic heterocycles. The van der Waals surface area contributed by atoms with Gasteiger partial charge in [0, 0.05) is 19.1 Å². The van der Waals surface area contributed by atoms with Crippen molar-refractivity contribution in [2.24, 2.45) is 0 Å². The van der Waals surface area contributed by atoms with Crippen molar-refractivity contribution in [1.29, 1.82) is 0 Å². The lowest BCUT2D eigenvalue weighted by Crippen LogP contribution is -2.57. The molecule has 0 radical (unpaired) electrons. The fourth-order valence-corrected chi connectivity index (χ4v) is 3.17. The molecule has 0 amide bonds. The minimum absolute atomic E-state index is 0.145. The molecule has 1 fully saturated rings. The fourth-order valence-electron chi connectivity index (χ4n) is 3.17. The molecule has 1 aromatic rings. The molecule has 1 N–H and O–H groups in total. The maximum atomic E-state index is 14.5. The Hall–Kier alpha value is -1.13. The topological polar surface area (TPSA) is 24.5 Å². The number of morpholine rings is 1. The Balaban J connectivity index is 2.29. The summed E-state index contributed by atoms with van der Waals surface area (Å²) in [7, 11) is 1.88. The minimum atomic E-state index is -0.287. The SMILES string of the molecule is CNC(C)c1ccc(N2CC(C)(C)OC(C)(C)C2)c(F)c1. The van der Waals surface area contributed by atoms with Crippen molar-refractivity contribution >= 4 is 5.69 Å². The van der Waals surface area contributed by atoms with Crippen molar-refractivity contribution in [3.8, 4) is 0 Å². The zero-order chi connectivity index (χ0) is 15.8. The Labute approximate surface area is 127 Å². The Morgan fingerprint density at radius 3 is 2.24 bits per heavy atom. The van der Waals surface area contributed by atoms with Gasteiger partial charge in [0.05, 0.1) is 16.9 Å². The van der Waals surface area contributed by atoms with E-state index in [4.69, 9.17) is 4.74 Å². The highest BCUT2D eigenvalue weighted by Gasteiger charge is 2.38. The molecule has 21 heavy (non-hydrogen) atoms. The highest BCUT2D eigenvalue weighted by Crippen LogP contribution is 2.33. The average molecular weight is 294 g/mol. The van der Waals surface area contributed by atoms with Gasteiger partial charge in [-0.3, -0.25) is 0 Å². The van der Waals surface area contributed by atoms with Gasteiger partial charge in [0.25, 0.3) is 0 Å². The molecule has 0 saturated carbocycles. The van der Waals surface area contributed by atoms with Gasteiger partial charge in [-0.25, -0.2) is 4.39 Å². The van der Waals surface area contributed by atoms with Gasteiger partial charge in [0.15, 0.2) is 0 Å². The summed E-state index contributed by atoms with van der Waals surface area (Å²) >= 11 is 0. The first-order valence-corrected chi connectivity index (χ1v) is 7.55. The summed E-state index contributed by atoms with van der Waals surface area (Å²) in [5.74, 6) is -0.164. The van der Waals surface area contributed by atoms with Gasteiger partial charge in [-0.15, -0.1) is 0 Å². The van der Waals surface area contributed by atoms with E-state index in [1.165, 1.54) is 0 Å². The molecular formula is C17H27FN2O. The average Bonchev–Trinajstić information content (AvgIpc) is 2.33. The normalized spacial score (nSPS) is 22.1. The summed E-state index contributed by atoms with van der Waals surface area (Å²) in [6, 6.07) is 5.66. The number of hydrogen-bond acceptors (Lipinski definition) is 3. The van der Waals surface area contributed by atoms with Crippen LogP contribution in [0.25, 0.3) is 0 Å². The number of rotatable bonds is 3. The highest BCUT2D eigenvalue weighted by molar-refractivity contribution is 5.50. The van der Waals surface area contributed by atoms with Gasteiger partial charge in [-0.1, -0.05) is 6.07 Å². The zero-order valence-corrected chi connectivity index (χ0v) is 14.0. The van der Waals surface area contributed by atoms with Gasteiger partial charge >= 0.3 is 0 Å². The van der Waals surface area contributed by atoms with Gasteiger partial charge in [-0.05, 0) is 59.4 Å². The molecule has 0 aromatic heterocycles. The van der Waals surface area contributed by atoms with E-state index in [1.807, 2.05) is 26.1 Å². The van der Waals surface area contributed by atoms with Crippen LogP contribution in [0.15, 0.2) is 18.2 Å². The smallest absolute Gasteiger partial charge is 0.146 e. The third-order valence-corrected chi connectivity index (χ3v) is 3.94. The lowest BCUT2D eigenvalue weighted by atomic mass is 9.97. The molecule has 1 saturated heterocycles. The van der Waals surface area contributed by atoms with Gasteiger partial charge < -0.3 is 15.0 Å². The van der Waals surface area contributed by atoms with E-state index >= 15 is 0 Å². The van der Waals surface area contributed by atoms with Gasteiger partial charge in [-0.2, -0.15) is 0 Å². The summed E-state index contributed by atoms with van der Waals surface area (Å²) in [6.45, 7) is 11.6. The van der Waals surface area contributed by atoms with E-state index in [2.05, 4.69) is 37.9 Å². The van der Waals surface area contributed by atoms with Crippen LogP contribution in [0.2, 0.25) is 0 Å². The Morgan fingerprint density at radius 2 is 1.76 bits per heavy atom. The van der Waals surface area contributed by atoms with E-state index in [9.17, 15) is 4.39 Å². The molecule has 0 bridgehead atoms. The second-order valence-electron chi connectivity index (χ2n) is 7.20. The second kappa shape index (κ2) is 5.58. The van der Waals surface area contributed by atoms with E-state index in [1.54, 1.807) is 6.07 Å². The predicted molar refractivity (Wildman–Crippen MR) is 85.3 cm³/mol. The Bertz CT molecular complexity index is 498. The molecule has 3 nitrogen and oxygen atoms in total. The predicted octanol–water partition coefficient (Wildman–Crippen LogP) is 3.50. The summed E-state index contributed by atoms with van der Waals surface area (Å²) in [5.41, 5.74) is 1.05. The molecule has 1 unspecified atom stereocenters. The van der Waals surface area contributed by atoms with Crippen molar-refractivity contribution in [3.63, 3.8) is 0 Å². The van der Waals surface area contributed by atoms with E-state index in [-0.39, 0.29) is 23.1 Å². The number of anilines is 1. The molecule has 4 heteroatoms. The third-order valence-electron chi connectivity index (χ3n) is 3.94. The van der Waals surface area contributed by atoms with E-state index in [0.29, 0.717) is 18.8 Å². The largest absolute Gasteiger partial charge is 0.366 e. The highest BCUT2D eigenvalue weighted by atomic mass is 19.1. The van der Waals surface area contributed by atoms with Crippen LogP contribution in [0.4, 0.5) is 10.1 Å². The maximum Gasteiger partial charge on any atom is 0.146 e. The molecule has 1 heterocycles. The maximum absolute atomic E-state index is 14.5. The number of nitrogens with one attached hydrogen (secondary N) is 1. The van der Waals surface area contributed by atoms with E-state index < -0.39 is 0 Å². The van der Waals surface area contributed by atoms with E-state index in [0.717, 1.165) is 5.56 Å². The summed E-state index contributed by atoms with van der Waals surface area (Å²) < 4.78 is 20.6. The van der Waals surface area contributed by atoms with Crippen molar-refractivity contribution < 1.29 is 9.13 Å². The Morgan fingerprint density at radius 1 is 1.19 bits per heavy atom. The summed E-state index contributed by atoms with van der Waals surface area (Å²) in [5, 5.41) is 3.13. The number of ether oxygens (including phenoxy) is 1. The lowest BCUT2D eigenvalue weighted by molar-refractivity contribution is -0.133. The van der Waals surface area contributed by atoms with Crippen LogP contribution in [0.3, 0.4) is 0 Å². The van der Waals surface area contributed by atoms with Crippen LogP contribution in [0.1, 0.15) is 46.2 Å². The summed E-state index contributed by atoms with van der Waals surface area (Å²) in [4.78, 5) is 2.09. The fraction of sp³-hybridized carbons (Fsp3) is 0.647. The molecule has 1 aromatic carbocycles. The van der Waals surface area contributed by atoms with Crippen molar-refractivity contribution in [2.75, 3.05) is 25.0 Å². The molecule has 0 aliphatic carbocycles. The molecule has 0 spiro atoms. The molecule has 118 valence electrons. The molecule has 1 atom stereocenters. The van der Waals surface area contributed by atoms with Crippen LogP contribution in [0, 0.1) is 5.82 Å².